The van der Waals surface area contributed by atoms with Crippen LogP contribution < -0.4 is 0 Å². The molecule has 0 aliphatic carbocycles. The van der Waals surface area contributed by atoms with Crippen LogP contribution in [-0.4, -0.2) is 11.2 Å². The summed E-state index contributed by atoms with van der Waals surface area (Å²) < 4.78 is 0. The fourth-order valence-corrected chi connectivity index (χ4v) is 1.45. The van der Waals surface area contributed by atoms with E-state index in [1.54, 1.807) is 0 Å². The Hall–Kier alpha value is -0.0400. The minimum absolute atomic E-state index is 0.109. The third kappa shape index (κ3) is 12.0. The highest BCUT2D eigenvalue weighted by atomic mass is 16.3. The summed E-state index contributed by atoms with van der Waals surface area (Å²) in [6.45, 7) is 8.75. The minimum Gasteiger partial charge on any atom is -0.393 e. The normalized spacial score (nSPS) is 14.5. The highest BCUT2D eigenvalue weighted by Gasteiger charge is 2.08. The third-order valence-corrected chi connectivity index (χ3v) is 2.30. The predicted molar refractivity (Wildman–Crippen MR) is 58.8 cm³/mol. The molecule has 0 aromatic rings. The Kier molecular flexibility index (Phi) is 6.40. The van der Waals surface area contributed by atoms with E-state index < -0.39 is 0 Å². The summed E-state index contributed by atoms with van der Waals surface area (Å²) in [6, 6.07) is 0. The second-order valence-electron chi connectivity index (χ2n) is 5.36. The first-order valence-corrected chi connectivity index (χ1v) is 5.60. The number of unbranched alkanes of at least 4 members (excludes halogenated alkanes) is 3. The molecule has 1 atom stereocenters. The lowest BCUT2D eigenvalue weighted by molar-refractivity contribution is 0.180. The van der Waals surface area contributed by atoms with Crippen LogP contribution >= 0.6 is 0 Å². The number of aliphatic hydroxyl groups excluding tert-OH is 1. The fourth-order valence-electron chi connectivity index (χ4n) is 1.45. The quantitative estimate of drug-likeness (QED) is 0.626. The zero-order chi connectivity index (χ0) is 10.3. The maximum Gasteiger partial charge on any atom is 0.0512 e. The molecule has 0 saturated heterocycles. The lowest BCUT2D eigenvalue weighted by Gasteiger charge is -2.17. The van der Waals surface area contributed by atoms with E-state index in [0.717, 1.165) is 6.42 Å². The molecule has 13 heavy (non-hydrogen) atoms. The Balaban J connectivity index is 3.09. The molecule has 0 rings (SSSR count). The average Bonchev–Trinajstić information content (AvgIpc) is 1.93. The molecule has 1 nitrogen and oxygen atoms in total. The van der Waals surface area contributed by atoms with Crippen molar-refractivity contribution in [2.45, 2.75) is 72.3 Å². The number of hydrogen-bond acceptors (Lipinski definition) is 1. The molecule has 0 fully saturated rings. The lowest BCUT2D eigenvalue weighted by Crippen LogP contribution is -2.04. The second-order valence-corrected chi connectivity index (χ2v) is 5.36. The number of rotatable bonds is 6. The summed E-state index contributed by atoms with van der Waals surface area (Å²) in [5.41, 5.74) is 0.490. The van der Waals surface area contributed by atoms with E-state index in [4.69, 9.17) is 5.11 Å². The molecule has 1 heteroatoms. The van der Waals surface area contributed by atoms with Crippen LogP contribution in [0.2, 0.25) is 0 Å². The van der Waals surface area contributed by atoms with Gasteiger partial charge in [0.1, 0.15) is 0 Å². The second kappa shape index (κ2) is 6.42. The molecule has 80 valence electrons. The molecule has 0 aromatic heterocycles. The van der Waals surface area contributed by atoms with Gasteiger partial charge in [-0.3, -0.25) is 0 Å². The molecule has 0 aliphatic heterocycles. The number of hydrogen-bond donors (Lipinski definition) is 1. The van der Waals surface area contributed by atoms with Crippen molar-refractivity contribution in [2.24, 2.45) is 5.41 Å². The van der Waals surface area contributed by atoms with E-state index in [2.05, 4.69) is 20.8 Å². The van der Waals surface area contributed by atoms with Crippen LogP contribution in [0.25, 0.3) is 0 Å². The number of aliphatic hydroxyl groups is 1. The van der Waals surface area contributed by atoms with Gasteiger partial charge >= 0.3 is 0 Å². The Bertz CT molecular complexity index is 111. The smallest absolute Gasteiger partial charge is 0.0512 e. The van der Waals surface area contributed by atoms with E-state index in [9.17, 15) is 0 Å². The van der Waals surface area contributed by atoms with Gasteiger partial charge < -0.3 is 5.11 Å². The van der Waals surface area contributed by atoms with Crippen LogP contribution in [-0.2, 0) is 0 Å². The minimum atomic E-state index is -0.109. The van der Waals surface area contributed by atoms with E-state index in [-0.39, 0.29) is 6.10 Å². The van der Waals surface area contributed by atoms with Crippen LogP contribution in [0.4, 0.5) is 0 Å². The topological polar surface area (TPSA) is 20.2 Å². The molecule has 0 aromatic carbocycles. The Labute approximate surface area is 83.5 Å². The molecular weight excluding hydrogens is 160 g/mol. The van der Waals surface area contributed by atoms with Gasteiger partial charge in [0.05, 0.1) is 6.10 Å². The largest absolute Gasteiger partial charge is 0.393 e. The predicted octanol–water partition coefficient (Wildman–Crippen LogP) is 3.75. The van der Waals surface area contributed by atoms with Gasteiger partial charge in [-0.25, -0.2) is 0 Å². The molecule has 1 N–H and O–H groups in total. The van der Waals surface area contributed by atoms with E-state index in [1.807, 2.05) is 6.92 Å². The van der Waals surface area contributed by atoms with Gasteiger partial charge in [-0.15, -0.1) is 0 Å². The summed E-state index contributed by atoms with van der Waals surface area (Å²) in [7, 11) is 0. The average molecular weight is 186 g/mol. The van der Waals surface area contributed by atoms with Crippen molar-refractivity contribution in [3.63, 3.8) is 0 Å². The monoisotopic (exact) mass is 186 g/mol. The zero-order valence-electron chi connectivity index (χ0n) is 9.77. The first-order chi connectivity index (χ1) is 5.92. The SMILES string of the molecule is CC(O)CCCCCCC(C)(C)C. The highest BCUT2D eigenvalue weighted by Crippen LogP contribution is 2.22. The molecule has 0 aliphatic rings. The van der Waals surface area contributed by atoms with Gasteiger partial charge in [-0.05, 0) is 25.2 Å². The van der Waals surface area contributed by atoms with Gasteiger partial charge in [-0.1, -0.05) is 46.5 Å². The molecule has 0 radical (unpaired) electrons. The van der Waals surface area contributed by atoms with Crippen molar-refractivity contribution in [3.05, 3.63) is 0 Å². The maximum atomic E-state index is 9.04. The summed E-state index contributed by atoms with van der Waals surface area (Å²) in [5, 5.41) is 9.04. The molecule has 0 spiro atoms. The van der Waals surface area contributed by atoms with Crippen LogP contribution in [0.3, 0.4) is 0 Å². The zero-order valence-corrected chi connectivity index (χ0v) is 9.77. The van der Waals surface area contributed by atoms with Crippen LogP contribution in [0, 0.1) is 5.41 Å². The van der Waals surface area contributed by atoms with Gasteiger partial charge in [-0.2, -0.15) is 0 Å². The molecule has 1 unspecified atom stereocenters. The third-order valence-electron chi connectivity index (χ3n) is 2.30. The Morgan fingerprint density at radius 1 is 1.00 bits per heavy atom. The van der Waals surface area contributed by atoms with Crippen molar-refractivity contribution in [1.82, 2.24) is 0 Å². The Morgan fingerprint density at radius 3 is 2.00 bits per heavy atom. The maximum absolute atomic E-state index is 9.04. The van der Waals surface area contributed by atoms with Crippen molar-refractivity contribution >= 4 is 0 Å². The molecule has 0 bridgehead atoms. The van der Waals surface area contributed by atoms with Gasteiger partial charge in [0.2, 0.25) is 0 Å². The van der Waals surface area contributed by atoms with Crippen molar-refractivity contribution < 1.29 is 5.11 Å². The molecule has 0 saturated carbocycles. The molecule has 0 heterocycles. The standard InChI is InChI=1S/C12H26O/c1-11(13)9-7-5-6-8-10-12(2,3)4/h11,13H,5-10H2,1-4H3. The van der Waals surface area contributed by atoms with Gasteiger partial charge in [0, 0.05) is 0 Å². The first-order valence-electron chi connectivity index (χ1n) is 5.60. The van der Waals surface area contributed by atoms with E-state index in [1.165, 1.54) is 32.1 Å². The summed E-state index contributed by atoms with van der Waals surface area (Å²) in [4.78, 5) is 0. The molecular formula is C12H26O. The van der Waals surface area contributed by atoms with Crippen LogP contribution in [0.1, 0.15) is 66.2 Å². The lowest BCUT2D eigenvalue weighted by atomic mass is 9.89. The van der Waals surface area contributed by atoms with Crippen molar-refractivity contribution in [2.75, 3.05) is 0 Å². The Morgan fingerprint density at radius 2 is 1.54 bits per heavy atom. The van der Waals surface area contributed by atoms with Gasteiger partial charge in [0.15, 0.2) is 0 Å². The van der Waals surface area contributed by atoms with Crippen molar-refractivity contribution in [1.29, 1.82) is 0 Å². The van der Waals surface area contributed by atoms with Crippen LogP contribution in [0.15, 0.2) is 0 Å². The van der Waals surface area contributed by atoms with Crippen molar-refractivity contribution in [3.8, 4) is 0 Å². The summed E-state index contributed by atoms with van der Waals surface area (Å²) in [5.74, 6) is 0. The van der Waals surface area contributed by atoms with Crippen LogP contribution in [0.5, 0.6) is 0 Å². The fraction of sp³-hybridized carbons (Fsp3) is 1.00. The molecule has 0 amide bonds. The van der Waals surface area contributed by atoms with E-state index in [0.29, 0.717) is 5.41 Å². The van der Waals surface area contributed by atoms with E-state index >= 15 is 0 Å². The van der Waals surface area contributed by atoms with Gasteiger partial charge in [0.25, 0.3) is 0 Å². The summed E-state index contributed by atoms with van der Waals surface area (Å²) >= 11 is 0. The highest BCUT2D eigenvalue weighted by molar-refractivity contribution is 4.61. The summed E-state index contributed by atoms with van der Waals surface area (Å²) in [6.07, 6.45) is 7.30. The first kappa shape index (κ1) is 13.0.